The maximum Gasteiger partial charge on any atom is 0.337 e. The summed E-state index contributed by atoms with van der Waals surface area (Å²) in [6.45, 7) is 4.83. The number of carbonyl (C=O) groups is 2. The Balaban J connectivity index is 1.42. The highest BCUT2D eigenvalue weighted by molar-refractivity contribution is 7.16. The molecular weight excluding hydrogens is 386 g/mol. The van der Waals surface area contributed by atoms with Gasteiger partial charge in [0, 0.05) is 43.3 Å². The molecule has 1 aromatic heterocycles. The van der Waals surface area contributed by atoms with Gasteiger partial charge in [0.25, 0.3) is 0 Å². The van der Waals surface area contributed by atoms with Crippen LogP contribution in [0.1, 0.15) is 15.2 Å². The fourth-order valence-corrected chi connectivity index (χ4v) is 4.10. The standard InChI is InChI=1S/C19H22ClN3O3S/c1-26-19(25)14-2-4-15(5-3-14)21-18(24)13-23-10-8-22(9-11-23)12-16-6-7-17(20)27-16/h2-7H,8-13H2,1H3,(H,21,24). The second kappa shape index (κ2) is 9.32. The van der Waals surface area contributed by atoms with Gasteiger partial charge in [0.15, 0.2) is 0 Å². The average molecular weight is 408 g/mol. The molecule has 3 rings (SSSR count). The predicted molar refractivity (Wildman–Crippen MR) is 107 cm³/mol. The molecule has 2 aromatic rings. The summed E-state index contributed by atoms with van der Waals surface area (Å²) in [4.78, 5) is 29.5. The van der Waals surface area contributed by atoms with Gasteiger partial charge in [0.1, 0.15) is 0 Å². The molecule has 1 aliphatic rings. The first-order valence-corrected chi connectivity index (χ1v) is 9.90. The first-order valence-electron chi connectivity index (χ1n) is 8.70. The van der Waals surface area contributed by atoms with E-state index >= 15 is 0 Å². The van der Waals surface area contributed by atoms with Crippen molar-refractivity contribution in [1.82, 2.24) is 9.80 Å². The van der Waals surface area contributed by atoms with Crippen molar-refractivity contribution in [1.29, 1.82) is 0 Å². The monoisotopic (exact) mass is 407 g/mol. The molecule has 0 atom stereocenters. The molecule has 27 heavy (non-hydrogen) atoms. The van der Waals surface area contributed by atoms with Crippen molar-refractivity contribution in [3.63, 3.8) is 0 Å². The van der Waals surface area contributed by atoms with Crippen LogP contribution in [0.5, 0.6) is 0 Å². The number of hydrogen-bond donors (Lipinski definition) is 1. The smallest absolute Gasteiger partial charge is 0.337 e. The number of ether oxygens (including phenoxy) is 1. The van der Waals surface area contributed by atoms with Gasteiger partial charge in [0.05, 0.1) is 23.6 Å². The quantitative estimate of drug-likeness (QED) is 0.746. The summed E-state index contributed by atoms with van der Waals surface area (Å²) in [5.74, 6) is -0.449. The highest BCUT2D eigenvalue weighted by Gasteiger charge is 2.19. The minimum absolute atomic E-state index is 0.0562. The van der Waals surface area contributed by atoms with E-state index in [2.05, 4.69) is 25.9 Å². The minimum atomic E-state index is -0.393. The number of hydrogen-bond acceptors (Lipinski definition) is 6. The first-order chi connectivity index (χ1) is 13.0. The topological polar surface area (TPSA) is 61.9 Å². The SMILES string of the molecule is COC(=O)c1ccc(NC(=O)CN2CCN(Cc3ccc(Cl)s3)CC2)cc1. The second-order valence-corrected chi connectivity index (χ2v) is 8.17. The lowest BCUT2D eigenvalue weighted by Crippen LogP contribution is -2.48. The molecule has 1 saturated heterocycles. The summed E-state index contributed by atoms with van der Waals surface area (Å²) in [7, 11) is 1.34. The summed E-state index contributed by atoms with van der Waals surface area (Å²) >= 11 is 7.60. The van der Waals surface area contributed by atoms with Crippen molar-refractivity contribution in [3.8, 4) is 0 Å². The summed E-state index contributed by atoms with van der Waals surface area (Å²) < 4.78 is 5.48. The van der Waals surface area contributed by atoms with Crippen LogP contribution in [0.15, 0.2) is 36.4 Å². The molecule has 1 amide bonds. The van der Waals surface area contributed by atoms with Crippen LogP contribution in [-0.2, 0) is 16.1 Å². The van der Waals surface area contributed by atoms with Gasteiger partial charge in [-0.2, -0.15) is 0 Å². The van der Waals surface area contributed by atoms with Crippen molar-refractivity contribution in [3.05, 3.63) is 51.2 Å². The van der Waals surface area contributed by atoms with E-state index in [9.17, 15) is 9.59 Å². The van der Waals surface area contributed by atoms with Crippen molar-refractivity contribution in [2.45, 2.75) is 6.54 Å². The normalized spacial score (nSPS) is 15.5. The zero-order chi connectivity index (χ0) is 19.2. The Kier molecular flexibility index (Phi) is 6.84. The Labute approximate surface area is 167 Å². The van der Waals surface area contributed by atoms with E-state index in [1.54, 1.807) is 35.6 Å². The minimum Gasteiger partial charge on any atom is -0.465 e. The molecule has 144 valence electrons. The number of thiophene rings is 1. The summed E-state index contributed by atoms with van der Waals surface area (Å²) in [6, 6.07) is 10.7. The van der Waals surface area contributed by atoms with Crippen molar-refractivity contribution >= 4 is 40.5 Å². The van der Waals surface area contributed by atoms with Gasteiger partial charge in [-0.1, -0.05) is 11.6 Å². The number of methoxy groups -OCH3 is 1. The number of nitrogens with one attached hydrogen (secondary N) is 1. The molecular formula is C19H22ClN3O3S. The van der Waals surface area contributed by atoms with Gasteiger partial charge in [-0.25, -0.2) is 4.79 Å². The number of halogens is 1. The summed E-state index contributed by atoms with van der Waals surface area (Å²) in [6.07, 6.45) is 0. The molecule has 0 radical (unpaired) electrons. The van der Waals surface area contributed by atoms with E-state index in [1.165, 1.54) is 12.0 Å². The van der Waals surface area contributed by atoms with E-state index in [0.29, 0.717) is 17.8 Å². The Morgan fingerprint density at radius 2 is 1.74 bits per heavy atom. The third-order valence-corrected chi connectivity index (χ3v) is 5.65. The molecule has 6 nitrogen and oxygen atoms in total. The third-order valence-electron chi connectivity index (χ3n) is 4.43. The first kappa shape index (κ1) is 19.8. The van der Waals surface area contributed by atoms with Crippen LogP contribution in [0, 0.1) is 0 Å². The average Bonchev–Trinajstić information content (AvgIpc) is 3.08. The lowest BCUT2D eigenvalue weighted by Gasteiger charge is -2.34. The molecule has 0 saturated carbocycles. The Morgan fingerprint density at radius 3 is 2.33 bits per heavy atom. The number of amides is 1. The second-order valence-electron chi connectivity index (χ2n) is 6.38. The molecule has 2 heterocycles. The van der Waals surface area contributed by atoms with Crippen molar-refractivity contribution in [2.75, 3.05) is 45.2 Å². The van der Waals surface area contributed by atoms with E-state index in [-0.39, 0.29) is 5.91 Å². The highest BCUT2D eigenvalue weighted by Crippen LogP contribution is 2.23. The summed E-state index contributed by atoms with van der Waals surface area (Å²) in [5, 5.41) is 2.87. The maximum atomic E-state index is 12.3. The lowest BCUT2D eigenvalue weighted by molar-refractivity contribution is -0.117. The predicted octanol–water partition coefficient (Wildman–Crippen LogP) is 2.94. The molecule has 1 aliphatic heterocycles. The van der Waals surface area contributed by atoms with Crippen LogP contribution in [0.4, 0.5) is 5.69 Å². The zero-order valence-electron chi connectivity index (χ0n) is 15.1. The fraction of sp³-hybridized carbons (Fsp3) is 0.368. The summed E-state index contributed by atoms with van der Waals surface area (Å²) in [5.41, 5.74) is 1.12. The van der Waals surface area contributed by atoms with E-state index in [0.717, 1.165) is 37.1 Å². The van der Waals surface area contributed by atoms with Crippen LogP contribution in [0.3, 0.4) is 0 Å². The number of anilines is 1. The zero-order valence-corrected chi connectivity index (χ0v) is 16.7. The van der Waals surface area contributed by atoms with Crippen LogP contribution in [0.2, 0.25) is 4.34 Å². The van der Waals surface area contributed by atoms with Gasteiger partial charge < -0.3 is 10.1 Å². The molecule has 0 unspecified atom stereocenters. The van der Waals surface area contributed by atoms with Crippen molar-refractivity contribution < 1.29 is 14.3 Å². The van der Waals surface area contributed by atoms with Gasteiger partial charge in [-0.05, 0) is 36.4 Å². The van der Waals surface area contributed by atoms with Gasteiger partial charge in [-0.3, -0.25) is 14.6 Å². The Bertz CT molecular complexity index is 786. The maximum absolute atomic E-state index is 12.3. The number of carbonyl (C=O) groups excluding carboxylic acids is 2. The highest BCUT2D eigenvalue weighted by atomic mass is 35.5. The molecule has 0 aliphatic carbocycles. The Morgan fingerprint density at radius 1 is 1.07 bits per heavy atom. The molecule has 1 fully saturated rings. The largest absolute Gasteiger partial charge is 0.465 e. The van der Waals surface area contributed by atoms with Gasteiger partial charge in [-0.15, -0.1) is 11.3 Å². The molecule has 1 N–H and O–H groups in total. The lowest BCUT2D eigenvalue weighted by atomic mass is 10.2. The number of benzene rings is 1. The van der Waals surface area contributed by atoms with E-state index in [4.69, 9.17) is 11.6 Å². The number of piperazine rings is 1. The van der Waals surface area contributed by atoms with Crippen molar-refractivity contribution in [2.24, 2.45) is 0 Å². The van der Waals surface area contributed by atoms with Crippen LogP contribution in [0.25, 0.3) is 0 Å². The van der Waals surface area contributed by atoms with E-state index < -0.39 is 5.97 Å². The fourth-order valence-electron chi connectivity index (χ4n) is 2.97. The van der Waals surface area contributed by atoms with Crippen LogP contribution < -0.4 is 5.32 Å². The number of nitrogens with zero attached hydrogens (tertiary/aromatic N) is 2. The molecule has 0 spiro atoms. The molecule has 8 heteroatoms. The van der Waals surface area contributed by atoms with E-state index in [1.807, 2.05) is 6.07 Å². The van der Waals surface area contributed by atoms with Gasteiger partial charge >= 0.3 is 5.97 Å². The molecule has 1 aromatic carbocycles. The third kappa shape index (κ3) is 5.77. The molecule has 0 bridgehead atoms. The number of rotatable bonds is 6. The van der Waals surface area contributed by atoms with Crippen LogP contribution >= 0.6 is 22.9 Å². The van der Waals surface area contributed by atoms with Gasteiger partial charge in [0.2, 0.25) is 5.91 Å². The Hall–Kier alpha value is -1.93. The van der Waals surface area contributed by atoms with Crippen LogP contribution in [-0.4, -0.2) is 61.5 Å². The number of esters is 1.